The summed E-state index contributed by atoms with van der Waals surface area (Å²) in [7, 11) is 0. The molecule has 0 saturated carbocycles. The Labute approximate surface area is 178 Å². The highest BCUT2D eigenvalue weighted by Crippen LogP contribution is 2.21. The van der Waals surface area contributed by atoms with Crippen molar-refractivity contribution < 1.29 is 9.59 Å². The lowest BCUT2D eigenvalue weighted by atomic mass is 10.1. The van der Waals surface area contributed by atoms with Crippen molar-refractivity contribution in [2.45, 2.75) is 13.0 Å². The van der Waals surface area contributed by atoms with Crippen LogP contribution in [0.1, 0.15) is 28.9 Å². The Morgan fingerprint density at radius 2 is 1.55 bits per heavy atom. The topological polar surface area (TPSA) is 70.2 Å². The van der Waals surface area contributed by atoms with E-state index in [1.807, 2.05) is 61.5 Å². The van der Waals surface area contributed by atoms with Crippen molar-refractivity contribution in [2.75, 3.05) is 17.2 Å². The van der Waals surface area contributed by atoms with E-state index in [1.165, 1.54) is 0 Å². The number of hydrogen-bond donors (Lipinski definition) is 3. The normalized spacial score (nSPS) is 11.4. The van der Waals surface area contributed by atoms with Crippen molar-refractivity contribution >= 4 is 39.1 Å². The first-order valence-corrected chi connectivity index (χ1v) is 10.1. The predicted molar refractivity (Wildman–Crippen MR) is 120 cm³/mol. The van der Waals surface area contributed by atoms with Gasteiger partial charge in [0.15, 0.2) is 0 Å². The SMILES string of the molecule is CC(NC(=O)c1ccc(NC(=O)CNc2ccccc2Br)cc1)c1ccccc1. The quantitative estimate of drug-likeness (QED) is 0.473. The maximum absolute atomic E-state index is 12.4. The smallest absolute Gasteiger partial charge is 0.251 e. The van der Waals surface area contributed by atoms with Crippen LogP contribution in [0.4, 0.5) is 11.4 Å². The average molecular weight is 452 g/mol. The molecule has 0 aromatic heterocycles. The molecule has 0 radical (unpaired) electrons. The maximum Gasteiger partial charge on any atom is 0.251 e. The molecule has 5 nitrogen and oxygen atoms in total. The molecule has 0 spiro atoms. The van der Waals surface area contributed by atoms with Crippen LogP contribution >= 0.6 is 15.9 Å². The minimum absolute atomic E-state index is 0.0912. The fraction of sp³-hybridized carbons (Fsp3) is 0.130. The standard InChI is InChI=1S/C23H22BrN3O2/c1-16(17-7-3-2-4-8-17)26-23(29)18-11-13-19(14-12-18)27-22(28)15-25-21-10-6-5-9-20(21)24/h2-14,16,25H,15H2,1H3,(H,26,29)(H,27,28). The maximum atomic E-state index is 12.4. The van der Waals surface area contributed by atoms with Crippen molar-refractivity contribution in [2.24, 2.45) is 0 Å². The Balaban J connectivity index is 1.52. The van der Waals surface area contributed by atoms with Gasteiger partial charge in [0.05, 0.1) is 12.6 Å². The highest BCUT2D eigenvalue weighted by atomic mass is 79.9. The van der Waals surface area contributed by atoms with Crippen molar-refractivity contribution in [3.63, 3.8) is 0 Å². The molecule has 3 N–H and O–H groups in total. The third-order valence-electron chi connectivity index (χ3n) is 4.39. The van der Waals surface area contributed by atoms with Crippen LogP contribution in [0.15, 0.2) is 83.3 Å². The minimum atomic E-state index is -0.171. The van der Waals surface area contributed by atoms with Crippen LogP contribution in [0, 0.1) is 0 Å². The van der Waals surface area contributed by atoms with E-state index in [2.05, 4.69) is 31.9 Å². The third kappa shape index (κ3) is 5.93. The van der Waals surface area contributed by atoms with Gasteiger partial charge in [-0.3, -0.25) is 9.59 Å². The summed E-state index contributed by atoms with van der Waals surface area (Å²) >= 11 is 3.43. The van der Waals surface area contributed by atoms with Crippen LogP contribution in [0.25, 0.3) is 0 Å². The van der Waals surface area contributed by atoms with Crippen LogP contribution < -0.4 is 16.0 Å². The largest absolute Gasteiger partial charge is 0.375 e. The van der Waals surface area contributed by atoms with Crippen LogP contribution in [0.3, 0.4) is 0 Å². The molecule has 6 heteroatoms. The Morgan fingerprint density at radius 3 is 2.24 bits per heavy atom. The molecule has 0 heterocycles. The van der Waals surface area contributed by atoms with E-state index in [0.29, 0.717) is 11.3 Å². The van der Waals surface area contributed by atoms with Gasteiger partial charge in [-0.1, -0.05) is 42.5 Å². The van der Waals surface area contributed by atoms with Crippen molar-refractivity contribution in [3.8, 4) is 0 Å². The number of amides is 2. The van der Waals surface area contributed by atoms with Gasteiger partial charge in [0, 0.05) is 21.4 Å². The van der Waals surface area contributed by atoms with Gasteiger partial charge in [0.2, 0.25) is 5.91 Å². The Bertz CT molecular complexity index is 975. The van der Waals surface area contributed by atoms with Gasteiger partial charge >= 0.3 is 0 Å². The Kier molecular flexibility index (Phi) is 7.03. The summed E-state index contributed by atoms with van der Waals surface area (Å²) in [6, 6.07) is 24.1. The predicted octanol–water partition coefficient (Wildman–Crippen LogP) is 4.99. The van der Waals surface area contributed by atoms with Crippen LogP contribution in [-0.4, -0.2) is 18.4 Å². The van der Waals surface area contributed by atoms with E-state index in [0.717, 1.165) is 15.7 Å². The first kappa shape index (κ1) is 20.6. The third-order valence-corrected chi connectivity index (χ3v) is 5.08. The van der Waals surface area contributed by atoms with Crippen molar-refractivity contribution in [1.29, 1.82) is 0 Å². The molecule has 3 aromatic rings. The zero-order valence-electron chi connectivity index (χ0n) is 16.0. The van der Waals surface area contributed by atoms with Gasteiger partial charge in [-0.25, -0.2) is 0 Å². The number of hydrogen-bond acceptors (Lipinski definition) is 3. The Hall–Kier alpha value is -3.12. The molecule has 2 amide bonds. The van der Waals surface area contributed by atoms with E-state index in [-0.39, 0.29) is 24.4 Å². The second-order valence-corrected chi connectivity index (χ2v) is 7.42. The molecule has 0 aliphatic carbocycles. The zero-order valence-corrected chi connectivity index (χ0v) is 17.6. The van der Waals surface area contributed by atoms with Crippen LogP contribution in [0.2, 0.25) is 0 Å². The second-order valence-electron chi connectivity index (χ2n) is 6.56. The molecule has 1 unspecified atom stereocenters. The molecule has 29 heavy (non-hydrogen) atoms. The molecule has 1 atom stereocenters. The number of anilines is 2. The van der Waals surface area contributed by atoms with Gasteiger partial charge in [0.1, 0.15) is 0 Å². The summed E-state index contributed by atoms with van der Waals surface area (Å²) in [6.45, 7) is 2.08. The van der Waals surface area contributed by atoms with Gasteiger partial charge in [-0.15, -0.1) is 0 Å². The highest BCUT2D eigenvalue weighted by Gasteiger charge is 2.11. The molecule has 0 aliphatic rings. The van der Waals surface area contributed by atoms with E-state index in [4.69, 9.17) is 0 Å². The summed E-state index contributed by atoms with van der Waals surface area (Å²) < 4.78 is 0.896. The number of carbonyl (C=O) groups is 2. The summed E-state index contributed by atoms with van der Waals surface area (Å²) in [6.07, 6.45) is 0. The fourth-order valence-corrected chi connectivity index (χ4v) is 3.22. The average Bonchev–Trinajstić information content (AvgIpc) is 2.74. The molecule has 148 valence electrons. The number of benzene rings is 3. The number of para-hydroxylation sites is 1. The molecule has 3 aromatic carbocycles. The van der Waals surface area contributed by atoms with Crippen molar-refractivity contribution in [3.05, 3.63) is 94.5 Å². The summed E-state index contributed by atoms with van der Waals surface area (Å²) in [5.74, 6) is -0.328. The summed E-state index contributed by atoms with van der Waals surface area (Å²) in [5, 5.41) is 8.87. The lowest BCUT2D eigenvalue weighted by Crippen LogP contribution is -2.26. The van der Waals surface area contributed by atoms with Gasteiger partial charge in [-0.2, -0.15) is 0 Å². The van der Waals surface area contributed by atoms with Crippen LogP contribution in [0.5, 0.6) is 0 Å². The molecular formula is C23H22BrN3O2. The highest BCUT2D eigenvalue weighted by molar-refractivity contribution is 9.10. The fourth-order valence-electron chi connectivity index (χ4n) is 2.80. The molecule has 0 saturated heterocycles. The number of halogens is 1. The monoisotopic (exact) mass is 451 g/mol. The van der Waals surface area contributed by atoms with Gasteiger partial charge in [-0.05, 0) is 64.8 Å². The van der Waals surface area contributed by atoms with Gasteiger partial charge in [0.25, 0.3) is 5.91 Å². The second kappa shape index (κ2) is 9.89. The van der Waals surface area contributed by atoms with E-state index in [1.54, 1.807) is 24.3 Å². The lowest BCUT2D eigenvalue weighted by Gasteiger charge is -2.14. The molecule has 3 rings (SSSR count). The lowest BCUT2D eigenvalue weighted by molar-refractivity contribution is -0.114. The first-order chi connectivity index (χ1) is 14.0. The molecule has 0 fully saturated rings. The number of nitrogens with one attached hydrogen (secondary N) is 3. The van der Waals surface area contributed by atoms with E-state index < -0.39 is 0 Å². The minimum Gasteiger partial charge on any atom is -0.375 e. The molecule has 0 bridgehead atoms. The zero-order chi connectivity index (χ0) is 20.6. The summed E-state index contributed by atoms with van der Waals surface area (Å²) in [5.41, 5.74) is 3.07. The van der Waals surface area contributed by atoms with E-state index >= 15 is 0 Å². The van der Waals surface area contributed by atoms with E-state index in [9.17, 15) is 9.59 Å². The van der Waals surface area contributed by atoms with Gasteiger partial charge < -0.3 is 16.0 Å². The van der Waals surface area contributed by atoms with Crippen molar-refractivity contribution in [1.82, 2.24) is 5.32 Å². The number of rotatable bonds is 7. The number of carbonyl (C=O) groups excluding carboxylic acids is 2. The Morgan fingerprint density at radius 1 is 0.897 bits per heavy atom. The molecular weight excluding hydrogens is 430 g/mol. The first-order valence-electron chi connectivity index (χ1n) is 9.27. The van der Waals surface area contributed by atoms with Crippen LogP contribution in [-0.2, 0) is 4.79 Å². The summed E-state index contributed by atoms with van der Waals surface area (Å²) in [4.78, 5) is 24.6. The molecule has 0 aliphatic heterocycles.